The van der Waals surface area contributed by atoms with Crippen molar-refractivity contribution in [3.63, 3.8) is 0 Å². The summed E-state index contributed by atoms with van der Waals surface area (Å²) in [7, 11) is 4.57. The molecule has 0 spiro atoms. The minimum Gasteiger partial charge on any atom is -0.496 e. The highest BCUT2D eigenvalue weighted by Crippen LogP contribution is 2.24. The zero-order valence-corrected chi connectivity index (χ0v) is 13.4. The molecule has 6 heteroatoms. The quantitative estimate of drug-likeness (QED) is 0.744. The highest BCUT2D eigenvalue weighted by molar-refractivity contribution is 9.10. The fourth-order valence-electron chi connectivity index (χ4n) is 1.71. The van der Waals surface area contributed by atoms with Crippen LogP contribution in [0.25, 0.3) is 0 Å². The number of hydrogen-bond donors (Lipinski definition) is 0. The van der Waals surface area contributed by atoms with Gasteiger partial charge in [-0.1, -0.05) is 15.9 Å². The second-order valence-corrected chi connectivity index (χ2v) is 5.17. The van der Waals surface area contributed by atoms with E-state index >= 15 is 0 Å². The van der Waals surface area contributed by atoms with Crippen LogP contribution in [0.4, 0.5) is 0 Å². The van der Waals surface area contributed by atoms with Gasteiger partial charge in [-0.15, -0.1) is 0 Å². The molecule has 0 aliphatic heterocycles. The van der Waals surface area contributed by atoms with E-state index in [-0.39, 0.29) is 11.9 Å². The summed E-state index contributed by atoms with van der Waals surface area (Å²) in [5, 5.41) is 0. The highest BCUT2D eigenvalue weighted by Gasteiger charge is 2.16. The van der Waals surface area contributed by atoms with Gasteiger partial charge < -0.3 is 14.4 Å². The summed E-state index contributed by atoms with van der Waals surface area (Å²) in [5.74, 6) is 0.107. The molecule has 5 nitrogen and oxygen atoms in total. The molecule has 0 aliphatic rings. The maximum absolute atomic E-state index is 12.3. The molecule has 20 heavy (non-hydrogen) atoms. The van der Waals surface area contributed by atoms with Gasteiger partial charge in [0.2, 0.25) is 0 Å². The van der Waals surface area contributed by atoms with E-state index < -0.39 is 0 Å². The highest BCUT2D eigenvalue weighted by atomic mass is 79.9. The van der Waals surface area contributed by atoms with Crippen LogP contribution in [0.2, 0.25) is 0 Å². The van der Waals surface area contributed by atoms with E-state index in [1.165, 1.54) is 14.2 Å². The number of esters is 1. The van der Waals surface area contributed by atoms with Gasteiger partial charge in [0.25, 0.3) is 5.91 Å². The molecule has 0 unspecified atom stereocenters. The molecule has 0 fully saturated rings. The summed E-state index contributed by atoms with van der Waals surface area (Å²) in [4.78, 5) is 24.9. The molecule has 0 heterocycles. The van der Waals surface area contributed by atoms with Crippen LogP contribution in [0.15, 0.2) is 22.7 Å². The lowest BCUT2D eigenvalue weighted by atomic mass is 10.1. The fourth-order valence-corrected chi connectivity index (χ4v) is 2.05. The topological polar surface area (TPSA) is 55.8 Å². The Hall–Kier alpha value is -1.56. The fraction of sp³-hybridized carbons (Fsp3) is 0.429. The molecule has 0 bridgehead atoms. The van der Waals surface area contributed by atoms with Gasteiger partial charge in [0, 0.05) is 24.5 Å². The zero-order valence-electron chi connectivity index (χ0n) is 11.8. The monoisotopic (exact) mass is 343 g/mol. The molecule has 0 aliphatic carbocycles. The number of hydrogen-bond acceptors (Lipinski definition) is 4. The second-order valence-electron chi connectivity index (χ2n) is 4.25. The van der Waals surface area contributed by atoms with E-state index in [0.29, 0.717) is 30.7 Å². The van der Waals surface area contributed by atoms with Gasteiger partial charge in [-0.2, -0.15) is 0 Å². The summed E-state index contributed by atoms with van der Waals surface area (Å²) in [6.45, 7) is 0.479. The molecule has 0 N–H and O–H groups in total. The second kappa shape index (κ2) is 7.89. The van der Waals surface area contributed by atoms with Crippen molar-refractivity contribution in [1.82, 2.24) is 4.90 Å². The van der Waals surface area contributed by atoms with Crippen molar-refractivity contribution in [2.24, 2.45) is 0 Å². The van der Waals surface area contributed by atoms with Crippen molar-refractivity contribution < 1.29 is 19.1 Å². The van der Waals surface area contributed by atoms with Crippen LogP contribution in [0.5, 0.6) is 5.75 Å². The standard InChI is InChI=1S/C14H18BrNO4/c1-16(8-4-5-13(17)20-3)14(18)11-7-6-10(15)9-12(11)19-2/h6-7,9H,4-5,8H2,1-3H3. The van der Waals surface area contributed by atoms with Gasteiger partial charge >= 0.3 is 5.97 Å². The van der Waals surface area contributed by atoms with E-state index in [9.17, 15) is 9.59 Å². The predicted octanol–water partition coefficient (Wildman–Crippen LogP) is 2.48. The lowest BCUT2D eigenvalue weighted by molar-refractivity contribution is -0.140. The van der Waals surface area contributed by atoms with Crippen LogP contribution in [-0.4, -0.2) is 44.6 Å². The molecule has 0 saturated carbocycles. The Kier molecular flexibility index (Phi) is 6.51. The third-order valence-electron chi connectivity index (χ3n) is 2.84. The number of ether oxygens (including phenoxy) is 2. The molecule has 0 saturated heterocycles. The van der Waals surface area contributed by atoms with Crippen molar-refractivity contribution in [2.75, 3.05) is 27.8 Å². The number of halogens is 1. The first-order valence-electron chi connectivity index (χ1n) is 6.15. The summed E-state index contributed by atoms with van der Waals surface area (Å²) >= 11 is 3.33. The zero-order chi connectivity index (χ0) is 15.1. The maximum atomic E-state index is 12.3. The van der Waals surface area contributed by atoms with Crippen molar-refractivity contribution in [3.8, 4) is 5.75 Å². The van der Waals surface area contributed by atoms with Crippen LogP contribution in [0, 0.1) is 0 Å². The Labute approximate surface area is 127 Å². The largest absolute Gasteiger partial charge is 0.496 e. The third kappa shape index (κ3) is 4.52. The molecule has 0 aromatic heterocycles. The summed E-state index contributed by atoms with van der Waals surface area (Å²) in [6.07, 6.45) is 0.860. The first-order valence-corrected chi connectivity index (χ1v) is 6.94. The first-order chi connectivity index (χ1) is 9.49. The molecule has 0 atom stereocenters. The number of amides is 1. The van der Waals surface area contributed by atoms with E-state index in [2.05, 4.69) is 20.7 Å². The van der Waals surface area contributed by atoms with Gasteiger partial charge in [0.05, 0.1) is 19.8 Å². The van der Waals surface area contributed by atoms with E-state index in [1.54, 1.807) is 30.1 Å². The van der Waals surface area contributed by atoms with Crippen molar-refractivity contribution in [3.05, 3.63) is 28.2 Å². The normalized spacial score (nSPS) is 10.0. The van der Waals surface area contributed by atoms with Gasteiger partial charge in [-0.05, 0) is 24.6 Å². The molecule has 0 radical (unpaired) electrons. The van der Waals surface area contributed by atoms with Crippen molar-refractivity contribution >= 4 is 27.8 Å². The van der Waals surface area contributed by atoms with E-state index in [1.807, 2.05) is 0 Å². The van der Waals surface area contributed by atoms with Crippen LogP contribution < -0.4 is 4.74 Å². The Balaban J connectivity index is 2.67. The Morgan fingerprint density at radius 3 is 2.60 bits per heavy atom. The molecule has 1 rings (SSSR count). The molecule has 110 valence electrons. The number of carbonyl (C=O) groups is 2. The first kappa shape index (κ1) is 16.5. The van der Waals surface area contributed by atoms with Crippen LogP contribution >= 0.6 is 15.9 Å². The van der Waals surface area contributed by atoms with Crippen LogP contribution in [0.3, 0.4) is 0 Å². The van der Waals surface area contributed by atoms with E-state index in [4.69, 9.17) is 4.74 Å². The number of benzene rings is 1. The van der Waals surface area contributed by atoms with Crippen LogP contribution in [-0.2, 0) is 9.53 Å². The van der Waals surface area contributed by atoms with Gasteiger partial charge in [-0.3, -0.25) is 9.59 Å². The molecular weight excluding hydrogens is 326 g/mol. The van der Waals surface area contributed by atoms with Gasteiger partial charge in [-0.25, -0.2) is 0 Å². The summed E-state index contributed by atoms with van der Waals surface area (Å²) < 4.78 is 10.6. The Morgan fingerprint density at radius 2 is 2.00 bits per heavy atom. The number of rotatable bonds is 6. The third-order valence-corrected chi connectivity index (χ3v) is 3.34. The Morgan fingerprint density at radius 1 is 1.30 bits per heavy atom. The minimum atomic E-state index is -0.271. The van der Waals surface area contributed by atoms with Crippen molar-refractivity contribution in [1.29, 1.82) is 0 Å². The lowest BCUT2D eigenvalue weighted by Gasteiger charge is -2.18. The van der Waals surface area contributed by atoms with E-state index in [0.717, 1.165) is 4.47 Å². The lowest BCUT2D eigenvalue weighted by Crippen LogP contribution is -2.28. The van der Waals surface area contributed by atoms with Gasteiger partial charge in [0.15, 0.2) is 0 Å². The number of methoxy groups -OCH3 is 2. The number of carbonyl (C=O) groups excluding carboxylic acids is 2. The molecule has 1 aromatic rings. The average Bonchev–Trinajstić information content (AvgIpc) is 2.45. The Bertz CT molecular complexity index is 490. The van der Waals surface area contributed by atoms with Crippen LogP contribution in [0.1, 0.15) is 23.2 Å². The SMILES string of the molecule is COC(=O)CCCN(C)C(=O)c1ccc(Br)cc1OC. The molecule has 1 aromatic carbocycles. The smallest absolute Gasteiger partial charge is 0.305 e. The van der Waals surface area contributed by atoms with Crippen molar-refractivity contribution in [2.45, 2.75) is 12.8 Å². The summed E-state index contributed by atoms with van der Waals surface area (Å²) in [5.41, 5.74) is 0.497. The molecule has 1 amide bonds. The molecular formula is C14H18BrNO4. The summed E-state index contributed by atoms with van der Waals surface area (Å²) in [6, 6.07) is 5.25. The van der Waals surface area contributed by atoms with Gasteiger partial charge in [0.1, 0.15) is 5.75 Å². The number of nitrogens with zero attached hydrogens (tertiary/aromatic N) is 1. The predicted molar refractivity (Wildman–Crippen MR) is 78.9 cm³/mol. The average molecular weight is 344 g/mol. The maximum Gasteiger partial charge on any atom is 0.305 e. The minimum absolute atomic E-state index is 0.140.